The third-order valence-corrected chi connectivity index (χ3v) is 4.18. The molecule has 0 fully saturated rings. The lowest BCUT2D eigenvalue weighted by Gasteiger charge is -2.10. The molecule has 0 atom stereocenters. The van der Waals surface area contributed by atoms with Crippen LogP contribution in [0.15, 0.2) is 46.9 Å². The number of halogens is 2. The Balaban J connectivity index is 1.51. The Morgan fingerprint density at radius 3 is 2.48 bits per heavy atom. The number of amides is 1. The molecule has 10 heteroatoms. The van der Waals surface area contributed by atoms with Crippen LogP contribution >= 0.6 is 23.2 Å². The second-order valence-electron chi connectivity index (χ2n) is 6.15. The first-order chi connectivity index (χ1) is 13.9. The van der Waals surface area contributed by atoms with Gasteiger partial charge in [-0.25, -0.2) is 4.79 Å². The smallest absolute Gasteiger partial charge is 0.411 e. The molecule has 29 heavy (non-hydrogen) atoms. The van der Waals surface area contributed by atoms with E-state index >= 15 is 0 Å². The highest BCUT2D eigenvalue weighted by Crippen LogP contribution is 2.26. The molecule has 8 nitrogen and oxygen atoms in total. The Morgan fingerprint density at radius 2 is 1.79 bits per heavy atom. The van der Waals surface area contributed by atoms with E-state index in [9.17, 15) is 4.79 Å². The summed E-state index contributed by atoms with van der Waals surface area (Å²) >= 11 is 11.9. The van der Waals surface area contributed by atoms with Crippen LogP contribution in [0.1, 0.15) is 19.7 Å². The van der Waals surface area contributed by atoms with Crippen molar-refractivity contribution in [3.05, 3.63) is 58.4 Å². The van der Waals surface area contributed by atoms with Crippen LogP contribution in [0.5, 0.6) is 5.75 Å². The number of aromatic nitrogens is 2. The molecule has 1 amide bonds. The Kier molecular flexibility index (Phi) is 6.79. The number of nitrogens with one attached hydrogen (secondary N) is 2. The van der Waals surface area contributed by atoms with Crippen LogP contribution in [0, 0.1) is 0 Å². The molecular formula is C19H18Cl2N4O4. The zero-order chi connectivity index (χ0) is 20.8. The SMILES string of the molecule is CC(C)OC(=O)Nc1ccc(OCc2nnc(Nc3ccc(Cl)c(Cl)c3)o2)cc1. The first kappa shape index (κ1) is 20.8. The third-order valence-electron chi connectivity index (χ3n) is 3.44. The average molecular weight is 437 g/mol. The number of carbonyl (C=O) groups is 1. The molecule has 0 saturated carbocycles. The van der Waals surface area contributed by atoms with E-state index in [0.717, 1.165) is 0 Å². The van der Waals surface area contributed by atoms with Gasteiger partial charge in [0.05, 0.1) is 16.1 Å². The van der Waals surface area contributed by atoms with Gasteiger partial charge in [-0.05, 0) is 56.3 Å². The first-order valence-corrected chi connectivity index (χ1v) is 9.39. The molecule has 2 N–H and O–H groups in total. The van der Waals surface area contributed by atoms with Crippen molar-refractivity contribution in [1.82, 2.24) is 10.2 Å². The van der Waals surface area contributed by atoms with Gasteiger partial charge in [-0.15, -0.1) is 5.10 Å². The Morgan fingerprint density at radius 1 is 1.07 bits per heavy atom. The van der Waals surface area contributed by atoms with Crippen LogP contribution in [0.25, 0.3) is 0 Å². The second kappa shape index (κ2) is 9.49. The van der Waals surface area contributed by atoms with E-state index in [1.54, 1.807) is 56.3 Å². The van der Waals surface area contributed by atoms with Gasteiger partial charge >= 0.3 is 12.1 Å². The molecule has 0 aliphatic rings. The molecule has 0 saturated heterocycles. The topological polar surface area (TPSA) is 98.5 Å². The molecular weight excluding hydrogens is 419 g/mol. The van der Waals surface area contributed by atoms with E-state index in [0.29, 0.717) is 27.2 Å². The highest BCUT2D eigenvalue weighted by molar-refractivity contribution is 6.42. The van der Waals surface area contributed by atoms with Crippen LogP contribution in [-0.2, 0) is 11.3 Å². The lowest BCUT2D eigenvalue weighted by atomic mass is 10.3. The summed E-state index contributed by atoms with van der Waals surface area (Å²) in [6.45, 7) is 3.64. The van der Waals surface area contributed by atoms with Crippen LogP contribution in [0.3, 0.4) is 0 Å². The zero-order valence-electron chi connectivity index (χ0n) is 15.6. The van der Waals surface area contributed by atoms with Crippen molar-refractivity contribution in [2.24, 2.45) is 0 Å². The van der Waals surface area contributed by atoms with Gasteiger partial charge in [-0.3, -0.25) is 5.32 Å². The largest absolute Gasteiger partial charge is 0.484 e. The number of nitrogens with zero attached hydrogens (tertiary/aromatic N) is 2. The van der Waals surface area contributed by atoms with Crippen LogP contribution in [-0.4, -0.2) is 22.4 Å². The fourth-order valence-corrected chi connectivity index (χ4v) is 2.50. The molecule has 0 spiro atoms. The molecule has 1 aromatic heterocycles. The predicted octanol–water partition coefficient (Wildman–Crippen LogP) is 5.66. The Hall–Kier alpha value is -2.97. The Labute approximate surface area is 177 Å². The number of anilines is 3. The molecule has 0 aliphatic heterocycles. The van der Waals surface area contributed by atoms with Gasteiger partial charge in [-0.2, -0.15) is 0 Å². The minimum Gasteiger partial charge on any atom is -0.484 e. The van der Waals surface area contributed by atoms with E-state index in [-0.39, 0.29) is 24.6 Å². The molecule has 0 bridgehead atoms. The van der Waals surface area contributed by atoms with Crippen molar-refractivity contribution in [1.29, 1.82) is 0 Å². The number of carbonyl (C=O) groups excluding carboxylic acids is 1. The summed E-state index contributed by atoms with van der Waals surface area (Å²) in [7, 11) is 0. The summed E-state index contributed by atoms with van der Waals surface area (Å²) in [6, 6.07) is 12.0. The van der Waals surface area contributed by atoms with Crippen molar-refractivity contribution in [2.75, 3.05) is 10.6 Å². The highest BCUT2D eigenvalue weighted by atomic mass is 35.5. The number of hydrogen-bond donors (Lipinski definition) is 2. The van der Waals surface area contributed by atoms with E-state index in [4.69, 9.17) is 37.1 Å². The first-order valence-electron chi connectivity index (χ1n) is 8.64. The van der Waals surface area contributed by atoms with E-state index in [1.165, 1.54) is 0 Å². The van der Waals surface area contributed by atoms with Crippen molar-refractivity contribution < 1.29 is 18.7 Å². The fourth-order valence-electron chi connectivity index (χ4n) is 2.20. The molecule has 2 aromatic carbocycles. The fraction of sp³-hybridized carbons (Fsp3) is 0.211. The normalized spacial score (nSPS) is 10.7. The molecule has 0 aliphatic carbocycles. The maximum atomic E-state index is 11.6. The third kappa shape index (κ3) is 6.27. The number of ether oxygens (including phenoxy) is 2. The summed E-state index contributed by atoms with van der Waals surface area (Å²) in [4.78, 5) is 11.6. The van der Waals surface area contributed by atoms with E-state index in [1.807, 2.05) is 0 Å². The second-order valence-corrected chi connectivity index (χ2v) is 6.96. The van der Waals surface area contributed by atoms with Crippen molar-refractivity contribution in [3.8, 4) is 5.75 Å². The van der Waals surface area contributed by atoms with Gasteiger partial charge in [0.2, 0.25) is 0 Å². The van der Waals surface area contributed by atoms with Gasteiger partial charge in [0, 0.05) is 11.4 Å². The lowest BCUT2D eigenvalue weighted by molar-refractivity contribution is 0.130. The molecule has 3 aromatic rings. The van der Waals surface area contributed by atoms with E-state index < -0.39 is 6.09 Å². The van der Waals surface area contributed by atoms with Crippen molar-refractivity contribution in [3.63, 3.8) is 0 Å². The van der Waals surface area contributed by atoms with Gasteiger partial charge < -0.3 is 19.2 Å². The molecule has 1 heterocycles. The number of rotatable bonds is 7. The highest BCUT2D eigenvalue weighted by Gasteiger charge is 2.09. The summed E-state index contributed by atoms with van der Waals surface area (Å²) < 4.78 is 16.1. The lowest BCUT2D eigenvalue weighted by Crippen LogP contribution is -2.17. The molecule has 152 valence electrons. The molecule has 3 rings (SSSR count). The standard InChI is InChI=1S/C19H18Cl2N4O4/c1-11(2)28-19(26)23-12-3-6-14(7-4-12)27-10-17-24-25-18(29-17)22-13-5-8-15(20)16(21)9-13/h3-9,11H,10H2,1-2H3,(H,22,25)(H,23,26). The summed E-state index contributed by atoms with van der Waals surface area (Å²) in [5, 5.41) is 14.2. The number of hydrogen-bond acceptors (Lipinski definition) is 7. The van der Waals surface area contributed by atoms with Gasteiger partial charge in [0.25, 0.3) is 5.89 Å². The van der Waals surface area contributed by atoms with Crippen LogP contribution < -0.4 is 15.4 Å². The zero-order valence-corrected chi connectivity index (χ0v) is 17.1. The quantitative estimate of drug-likeness (QED) is 0.492. The van der Waals surface area contributed by atoms with Crippen molar-refractivity contribution >= 4 is 46.7 Å². The van der Waals surface area contributed by atoms with Crippen LogP contribution in [0.4, 0.5) is 22.2 Å². The summed E-state index contributed by atoms with van der Waals surface area (Å²) in [5.74, 6) is 0.861. The van der Waals surface area contributed by atoms with Gasteiger partial charge in [0.15, 0.2) is 6.61 Å². The minimum atomic E-state index is -0.512. The van der Waals surface area contributed by atoms with Gasteiger partial charge in [-0.1, -0.05) is 28.3 Å². The summed E-state index contributed by atoms with van der Waals surface area (Å²) in [5.41, 5.74) is 1.25. The molecule has 0 unspecified atom stereocenters. The minimum absolute atomic E-state index is 0.0816. The molecule has 0 radical (unpaired) electrons. The predicted molar refractivity (Wildman–Crippen MR) is 110 cm³/mol. The average Bonchev–Trinajstić information content (AvgIpc) is 3.11. The summed E-state index contributed by atoms with van der Waals surface area (Å²) in [6.07, 6.45) is -0.704. The Bertz CT molecular complexity index is 977. The van der Waals surface area contributed by atoms with Crippen LogP contribution in [0.2, 0.25) is 10.0 Å². The maximum absolute atomic E-state index is 11.6. The maximum Gasteiger partial charge on any atom is 0.411 e. The van der Waals surface area contributed by atoms with E-state index in [2.05, 4.69) is 20.8 Å². The van der Waals surface area contributed by atoms with Gasteiger partial charge in [0.1, 0.15) is 5.75 Å². The van der Waals surface area contributed by atoms with Crippen molar-refractivity contribution in [2.45, 2.75) is 26.6 Å². The number of benzene rings is 2. The monoisotopic (exact) mass is 436 g/mol.